The molecule has 5 rings (SSSR count). The van der Waals surface area contributed by atoms with Gasteiger partial charge in [-0.25, -0.2) is 0 Å². The Morgan fingerprint density at radius 1 is 0.711 bits per heavy atom. The third kappa shape index (κ3) is 6.47. The summed E-state index contributed by atoms with van der Waals surface area (Å²) in [7, 11) is 1.50. The lowest BCUT2D eigenvalue weighted by Gasteiger charge is -2.48. The van der Waals surface area contributed by atoms with Crippen molar-refractivity contribution in [1.29, 1.82) is 0 Å². The molecule has 38 heavy (non-hydrogen) atoms. The van der Waals surface area contributed by atoms with Crippen LogP contribution in [0.3, 0.4) is 0 Å². The van der Waals surface area contributed by atoms with Crippen LogP contribution in [0, 0.1) is 0 Å². The molecule has 198 valence electrons. The minimum absolute atomic E-state index is 0.119. The van der Waals surface area contributed by atoms with Crippen LogP contribution in [0.4, 0.5) is 0 Å². The van der Waals surface area contributed by atoms with Gasteiger partial charge in [-0.05, 0) is 24.3 Å². The molecule has 0 saturated carbocycles. The van der Waals surface area contributed by atoms with Crippen LogP contribution in [-0.4, -0.2) is 54.9 Å². The Labute approximate surface area is 231 Å². The lowest BCUT2D eigenvalue weighted by Crippen LogP contribution is -2.64. The highest BCUT2D eigenvalue weighted by Crippen LogP contribution is 2.37. The minimum atomic E-state index is -0.913. The molecule has 3 aromatic rings. The lowest BCUT2D eigenvalue weighted by atomic mass is 9.97. The molecule has 0 amide bonds. The van der Waals surface area contributed by atoms with Gasteiger partial charge in [-0.1, -0.05) is 66.7 Å². The zero-order chi connectivity index (χ0) is 26.3. The fourth-order valence-corrected chi connectivity index (χ4v) is 4.63. The highest BCUT2D eigenvalue weighted by Gasteiger charge is 2.54. The second-order valence-corrected chi connectivity index (χ2v) is 9.12. The second-order valence-electron chi connectivity index (χ2n) is 8.45. The third-order valence-electron chi connectivity index (χ3n) is 5.94. The second kappa shape index (κ2) is 12.6. The van der Waals surface area contributed by atoms with Gasteiger partial charge in [0.25, 0.3) is 0 Å². The van der Waals surface area contributed by atoms with E-state index >= 15 is 0 Å². The third-order valence-corrected chi connectivity index (χ3v) is 6.30. The van der Waals surface area contributed by atoms with Crippen molar-refractivity contribution >= 4 is 34.9 Å². The first-order chi connectivity index (χ1) is 18.6. The Balaban J connectivity index is 1.39. The molecule has 8 nitrogen and oxygen atoms in total. The summed E-state index contributed by atoms with van der Waals surface area (Å²) in [5.41, 5.74) is 0.849. The van der Waals surface area contributed by atoms with Crippen molar-refractivity contribution in [3.63, 3.8) is 0 Å². The quantitative estimate of drug-likeness (QED) is 0.390. The van der Waals surface area contributed by atoms with Crippen molar-refractivity contribution in [3.8, 4) is 11.5 Å². The Bertz CT molecular complexity index is 1200. The molecule has 0 aromatic heterocycles. The number of hydrogen-bond acceptors (Lipinski definition) is 10. The monoisotopic (exact) mass is 554 g/mol. The highest BCUT2D eigenvalue weighted by atomic mass is 32.1. The van der Waals surface area contributed by atoms with Crippen LogP contribution >= 0.6 is 24.4 Å². The normalized spacial score (nSPS) is 26.4. The summed E-state index contributed by atoms with van der Waals surface area (Å²) < 4.78 is 47.7. The Morgan fingerprint density at radius 3 is 1.79 bits per heavy atom. The first-order valence-corrected chi connectivity index (χ1v) is 12.8. The molecular formula is C28H26O8S2. The molecule has 2 aliphatic heterocycles. The van der Waals surface area contributed by atoms with Gasteiger partial charge in [0.15, 0.2) is 24.8 Å². The van der Waals surface area contributed by atoms with E-state index in [2.05, 4.69) is 0 Å². The Hall–Kier alpha value is -3.12. The summed E-state index contributed by atoms with van der Waals surface area (Å²) in [6, 6.07) is 27.7. The van der Waals surface area contributed by atoms with Gasteiger partial charge in [0.05, 0.1) is 6.61 Å². The zero-order valence-corrected chi connectivity index (χ0v) is 22.0. The molecule has 0 aliphatic carbocycles. The van der Waals surface area contributed by atoms with Crippen LogP contribution in [0.25, 0.3) is 0 Å². The van der Waals surface area contributed by atoms with E-state index in [-0.39, 0.29) is 17.1 Å². The summed E-state index contributed by atoms with van der Waals surface area (Å²) >= 11 is 10.8. The standard InChI is InChI=1S/C28H26O8S2/c1-29-26-24(36-28(38)32-20-15-9-4-10-16-20)23(35-27(37)31-19-13-7-3-8-14-19)22-21(33-26)17-30-25(34-22)18-11-5-2-6-12-18/h2-16,21-26H,17H2,1H3/t21-,22-,23+,24-,25-,26+/m1/s1. The van der Waals surface area contributed by atoms with Gasteiger partial charge in [-0.15, -0.1) is 0 Å². The number of rotatable bonds is 6. The lowest BCUT2D eigenvalue weighted by molar-refractivity contribution is -0.355. The summed E-state index contributed by atoms with van der Waals surface area (Å²) in [4.78, 5) is 0. The highest BCUT2D eigenvalue weighted by molar-refractivity contribution is 7.80. The van der Waals surface area contributed by atoms with Crippen molar-refractivity contribution in [2.24, 2.45) is 0 Å². The molecule has 2 saturated heterocycles. The molecule has 0 N–H and O–H groups in total. The summed E-state index contributed by atoms with van der Waals surface area (Å²) in [6.07, 6.45) is -4.50. The smallest absolute Gasteiger partial charge is 0.358 e. The van der Waals surface area contributed by atoms with E-state index in [1.165, 1.54) is 7.11 Å². The number of fused-ring (bicyclic) bond motifs is 1. The molecule has 2 heterocycles. The zero-order valence-electron chi connectivity index (χ0n) is 20.4. The van der Waals surface area contributed by atoms with E-state index in [0.717, 1.165) is 5.56 Å². The number of methoxy groups -OCH3 is 1. The van der Waals surface area contributed by atoms with Crippen LogP contribution in [0.1, 0.15) is 11.9 Å². The number of hydrogen-bond donors (Lipinski definition) is 0. The van der Waals surface area contributed by atoms with E-state index in [9.17, 15) is 0 Å². The summed E-state index contributed by atoms with van der Waals surface area (Å²) in [5, 5.41) is -0.257. The number of thiocarbonyl (C=S) groups is 2. The maximum Gasteiger partial charge on any atom is 0.358 e. The largest absolute Gasteiger partial charge is 0.446 e. The van der Waals surface area contributed by atoms with Gasteiger partial charge < -0.3 is 37.9 Å². The van der Waals surface area contributed by atoms with Crippen molar-refractivity contribution in [2.75, 3.05) is 13.7 Å². The fraction of sp³-hybridized carbons (Fsp3) is 0.286. The maximum absolute atomic E-state index is 6.36. The van der Waals surface area contributed by atoms with Crippen LogP contribution in [-0.2, 0) is 28.4 Å². The number of ether oxygens (including phenoxy) is 8. The van der Waals surface area contributed by atoms with Crippen molar-refractivity contribution < 1.29 is 37.9 Å². The van der Waals surface area contributed by atoms with Crippen molar-refractivity contribution in [2.45, 2.75) is 37.0 Å². The summed E-state index contributed by atoms with van der Waals surface area (Å²) in [6.45, 7) is 0.230. The van der Waals surface area contributed by atoms with E-state index in [1.54, 1.807) is 24.3 Å². The van der Waals surface area contributed by atoms with Crippen molar-refractivity contribution in [3.05, 3.63) is 96.6 Å². The molecule has 0 unspecified atom stereocenters. The molecule has 0 radical (unpaired) electrons. The molecule has 3 aromatic carbocycles. The fourth-order valence-electron chi connectivity index (χ4n) is 4.22. The molecule has 10 heteroatoms. The van der Waals surface area contributed by atoms with Crippen LogP contribution in [0.5, 0.6) is 11.5 Å². The molecule has 6 atom stereocenters. The minimum Gasteiger partial charge on any atom is -0.446 e. The number of benzene rings is 3. The molecule has 0 bridgehead atoms. The van der Waals surface area contributed by atoms with Crippen LogP contribution in [0.2, 0.25) is 0 Å². The van der Waals surface area contributed by atoms with Gasteiger partial charge in [0, 0.05) is 37.1 Å². The first-order valence-electron chi connectivity index (χ1n) is 12.0. The van der Waals surface area contributed by atoms with E-state index < -0.39 is 37.0 Å². The van der Waals surface area contributed by atoms with Crippen LogP contribution < -0.4 is 9.47 Å². The first kappa shape index (κ1) is 26.5. The molecule has 2 fully saturated rings. The predicted molar refractivity (Wildman–Crippen MR) is 145 cm³/mol. The van der Waals surface area contributed by atoms with Gasteiger partial charge in [0.1, 0.15) is 23.7 Å². The Kier molecular flexibility index (Phi) is 8.79. The van der Waals surface area contributed by atoms with E-state index in [0.29, 0.717) is 11.5 Å². The van der Waals surface area contributed by atoms with Crippen LogP contribution in [0.15, 0.2) is 91.0 Å². The van der Waals surface area contributed by atoms with Gasteiger partial charge in [-0.3, -0.25) is 0 Å². The van der Waals surface area contributed by atoms with Gasteiger partial charge >= 0.3 is 10.5 Å². The van der Waals surface area contributed by atoms with E-state index in [4.69, 9.17) is 62.3 Å². The van der Waals surface area contributed by atoms with Gasteiger partial charge in [0.2, 0.25) is 0 Å². The Morgan fingerprint density at radius 2 is 1.24 bits per heavy atom. The van der Waals surface area contributed by atoms with Crippen molar-refractivity contribution in [1.82, 2.24) is 0 Å². The predicted octanol–water partition coefficient (Wildman–Crippen LogP) is 4.97. The SMILES string of the molecule is CO[C@H]1O[C@@H]2CO[C@@H](c3ccccc3)O[C@H]2[C@H](OC(=S)Oc2ccccc2)[C@H]1OC(=S)Oc1ccccc1. The molecule has 0 spiro atoms. The molecular weight excluding hydrogens is 528 g/mol. The average Bonchev–Trinajstić information content (AvgIpc) is 2.95. The topological polar surface area (TPSA) is 73.8 Å². The summed E-state index contributed by atoms with van der Waals surface area (Å²) in [5.74, 6) is 1.05. The van der Waals surface area contributed by atoms with E-state index in [1.807, 2.05) is 66.7 Å². The average molecular weight is 555 g/mol. The number of para-hydroxylation sites is 2. The maximum atomic E-state index is 6.36. The van der Waals surface area contributed by atoms with Gasteiger partial charge in [-0.2, -0.15) is 0 Å². The molecule has 2 aliphatic rings.